The molecule has 110 valence electrons. The Balaban J connectivity index is 1.48. The minimum Gasteiger partial charge on any atom is -0.385 e. The molecule has 4 heteroatoms. The second kappa shape index (κ2) is 6.57. The monoisotopic (exact) mass is 282 g/mol. The van der Waals surface area contributed by atoms with E-state index in [9.17, 15) is 0 Å². The number of anilines is 2. The van der Waals surface area contributed by atoms with E-state index in [2.05, 4.69) is 38.4 Å². The number of hydrogen-bond donors (Lipinski definition) is 1. The fraction of sp³-hybridized carbons (Fsp3) is 0.412. The Kier molecular flexibility index (Phi) is 4.34. The van der Waals surface area contributed by atoms with Gasteiger partial charge in [-0.15, -0.1) is 0 Å². The number of aromatic nitrogens is 2. The van der Waals surface area contributed by atoms with Crippen LogP contribution >= 0.6 is 0 Å². The first-order chi connectivity index (χ1) is 10.3. The smallest absolute Gasteiger partial charge is 0.0397 e. The van der Waals surface area contributed by atoms with E-state index in [1.54, 1.807) is 0 Å². The lowest BCUT2D eigenvalue weighted by Gasteiger charge is -2.33. The van der Waals surface area contributed by atoms with Crippen LogP contribution in [0.4, 0.5) is 11.4 Å². The lowest BCUT2D eigenvalue weighted by molar-refractivity contribution is 0.423. The van der Waals surface area contributed by atoms with Crippen molar-refractivity contribution in [3.63, 3.8) is 0 Å². The third kappa shape index (κ3) is 3.72. The predicted molar refractivity (Wildman–Crippen MR) is 86.6 cm³/mol. The molecule has 0 aliphatic carbocycles. The van der Waals surface area contributed by atoms with Gasteiger partial charge >= 0.3 is 0 Å². The number of nitrogens with zero attached hydrogens (tertiary/aromatic N) is 3. The van der Waals surface area contributed by atoms with Crippen LogP contribution in [0.25, 0.3) is 0 Å². The Hall–Kier alpha value is -2.10. The van der Waals surface area contributed by atoms with Gasteiger partial charge in [-0.3, -0.25) is 9.97 Å². The van der Waals surface area contributed by atoms with Crippen LogP contribution in [0.5, 0.6) is 0 Å². The summed E-state index contributed by atoms with van der Waals surface area (Å²) < 4.78 is 0. The summed E-state index contributed by atoms with van der Waals surface area (Å²) in [5, 5.41) is 3.54. The topological polar surface area (TPSA) is 41.0 Å². The van der Waals surface area contributed by atoms with Gasteiger partial charge in [0.25, 0.3) is 0 Å². The molecule has 0 radical (unpaired) electrons. The molecule has 0 atom stereocenters. The molecule has 0 bridgehead atoms. The Labute approximate surface area is 126 Å². The summed E-state index contributed by atoms with van der Waals surface area (Å²) in [6.45, 7) is 5.34. The zero-order chi connectivity index (χ0) is 14.5. The lowest BCUT2D eigenvalue weighted by Crippen LogP contribution is -2.35. The normalized spacial score (nSPS) is 16.0. The highest BCUT2D eigenvalue weighted by molar-refractivity contribution is 5.45. The Morgan fingerprint density at radius 3 is 2.62 bits per heavy atom. The molecule has 1 fully saturated rings. The highest BCUT2D eigenvalue weighted by Crippen LogP contribution is 2.23. The van der Waals surface area contributed by atoms with Gasteiger partial charge in [0.15, 0.2) is 0 Å². The fourth-order valence-corrected chi connectivity index (χ4v) is 2.87. The highest BCUT2D eigenvalue weighted by Gasteiger charge is 2.19. The van der Waals surface area contributed by atoms with Crippen LogP contribution in [-0.2, 0) is 0 Å². The number of rotatable bonds is 4. The van der Waals surface area contributed by atoms with E-state index in [0.717, 1.165) is 31.2 Å². The molecule has 2 aromatic heterocycles. The number of aryl methyl sites for hydroxylation is 1. The third-order valence-electron chi connectivity index (χ3n) is 4.13. The molecule has 0 amide bonds. The summed E-state index contributed by atoms with van der Waals surface area (Å²) >= 11 is 0. The van der Waals surface area contributed by atoms with Crippen molar-refractivity contribution in [3.05, 3.63) is 48.5 Å². The summed E-state index contributed by atoms with van der Waals surface area (Å²) in [6.07, 6.45) is 8.08. The first-order valence-corrected chi connectivity index (χ1v) is 7.63. The van der Waals surface area contributed by atoms with E-state index in [0.29, 0.717) is 0 Å². The van der Waals surface area contributed by atoms with Crippen LogP contribution in [0.1, 0.15) is 18.5 Å². The molecule has 0 saturated carbocycles. The first kappa shape index (κ1) is 13.9. The standard InChI is InChI=1S/C17H22N4/c1-14-12-16(2-9-19-14)20-13-15-5-10-21(11-6-15)17-3-7-18-8-4-17/h2-4,7-9,12,15H,5-6,10-11,13H2,1H3,(H,19,20). The van der Waals surface area contributed by atoms with E-state index < -0.39 is 0 Å². The molecule has 3 heterocycles. The fourth-order valence-electron chi connectivity index (χ4n) is 2.87. The number of pyridine rings is 2. The average molecular weight is 282 g/mol. The van der Waals surface area contributed by atoms with Gasteiger partial charge in [0.1, 0.15) is 0 Å². The summed E-state index contributed by atoms with van der Waals surface area (Å²) in [5.41, 5.74) is 3.53. The largest absolute Gasteiger partial charge is 0.385 e. The van der Waals surface area contributed by atoms with Crippen LogP contribution in [-0.4, -0.2) is 29.6 Å². The van der Waals surface area contributed by atoms with Gasteiger partial charge in [-0.2, -0.15) is 0 Å². The Morgan fingerprint density at radius 2 is 1.90 bits per heavy atom. The molecule has 0 spiro atoms. The summed E-state index contributed by atoms with van der Waals surface area (Å²) in [5.74, 6) is 0.747. The molecule has 4 nitrogen and oxygen atoms in total. The molecule has 3 rings (SSSR count). The quantitative estimate of drug-likeness (QED) is 0.935. The van der Waals surface area contributed by atoms with Crippen molar-refractivity contribution in [2.24, 2.45) is 5.92 Å². The van der Waals surface area contributed by atoms with Gasteiger partial charge in [0, 0.05) is 55.3 Å². The molecule has 2 aromatic rings. The van der Waals surface area contributed by atoms with E-state index >= 15 is 0 Å². The van der Waals surface area contributed by atoms with E-state index in [1.807, 2.05) is 31.6 Å². The van der Waals surface area contributed by atoms with Gasteiger partial charge in [-0.1, -0.05) is 0 Å². The molecule has 1 saturated heterocycles. The molecular formula is C17H22N4. The van der Waals surface area contributed by atoms with Crippen molar-refractivity contribution < 1.29 is 0 Å². The summed E-state index contributed by atoms with van der Waals surface area (Å²) in [6, 6.07) is 8.34. The van der Waals surface area contributed by atoms with Crippen molar-refractivity contribution in [3.8, 4) is 0 Å². The minimum atomic E-state index is 0.747. The van der Waals surface area contributed by atoms with Crippen LogP contribution < -0.4 is 10.2 Å². The summed E-state index contributed by atoms with van der Waals surface area (Å²) in [7, 11) is 0. The van der Waals surface area contributed by atoms with E-state index in [4.69, 9.17) is 0 Å². The van der Waals surface area contributed by atoms with Crippen molar-refractivity contribution in [1.29, 1.82) is 0 Å². The van der Waals surface area contributed by atoms with Crippen molar-refractivity contribution in [1.82, 2.24) is 9.97 Å². The van der Waals surface area contributed by atoms with Crippen LogP contribution in [0, 0.1) is 12.8 Å². The predicted octanol–water partition coefficient (Wildman–Crippen LogP) is 3.11. The maximum atomic E-state index is 4.23. The van der Waals surface area contributed by atoms with Crippen molar-refractivity contribution in [2.45, 2.75) is 19.8 Å². The maximum absolute atomic E-state index is 4.23. The molecule has 1 aliphatic rings. The Morgan fingerprint density at radius 1 is 1.14 bits per heavy atom. The molecule has 1 aliphatic heterocycles. The second-order valence-electron chi connectivity index (χ2n) is 5.70. The molecular weight excluding hydrogens is 260 g/mol. The minimum absolute atomic E-state index is 0.747. The maximum Gasteiger partial charge on any atom is 0.0397 e. The molecule has 0 aromatic carbocycles. The van der Waals surface area contributed by atoms with E-state index in [1.165, 1.54) is 24.2 Å². The second-order valence-corrected chi connectivity index (χ2v) is 5.70. The zero-order valence-electron chi connectivity index (χ0n) is 12.5. The number of nitrogens with one attached hydrogen (secondary N) is 1. The van der Waals surface area contributed by atoms with Gasteiger partial charge in [0.2, 0.25) is 0 Å². The molecule has 21 heavy (non-hydrogen) atoms. The van der Waals surface area contributed by atoms with Crippen LogP contribution in [0.2, 0.25) is 0 Å². The van der Waals surface area contributed by atoms with Crippen LogP contribution in [0.15, 0.2) is 42.9 Å². The molecule has 1 N–H and O–H groups in total. The number of piperidine rings is 1. The van der Waals surface area contributed by atoms with Crippen LogP contribution in [0.3, 0.4) is 0 Å². The third-order valence-corrected chi connectivity index (χ3v) is 4.13. The Bertz CT molecular complexity index is 562. The molecule has 0 unspecified atom stereocenters. The van der Waals surface area contributed by atoms with E-state index in [-0.39, 0.29) is 0 Å². The average Bonchev–Trinajstić information content (AvgIpc) is 2.54. The first-order valence-electron chi connectivity index (χ1n) is 7.63. The number of hydrogen-bond acceptors (Lipinski definition) is 4. The van der Waals surface area contributed by atoms with Crippen molar-refractivity contribution >= 4 is 11.4 Å². The summed E-state index contributed by atoms with van der Waals surface area (Å²) in [4.78, 5) is 10.8. The lowest BCUT2D eigenvalue weighted by atomic mass is 9.96. The zero-order valence-corrected chi connectivity index (χ0v) is 12.5. The highest BCUT2D eigenvalue weighted by atomic mass is 15.1. The van der Waals surface area contributed by atoms with Gasteiger partial charge < -0.3 is 10.2 Å². The SMILES string of the molecule is Cc1cc(NCC2CCN(c3ccncc3)CC2)ccn1. The van der Waals surface area contributed by atoms with Gasteiger partial charge in [-0.05, 0) is 49.9 Å². The van der Waals surface area contributed by atoms with Crippen molar-refractivity contribution in [2.75, 3.05) is 29.9 Å². The van der Waals surface area contributed by atoms with Gasteiger partial charge in [-0.25, -0.2) is 0 Å². The van der Waals surface area contributed by atoms with Gasteiger partial charge in [0.05, 0.1) is 0 Å².